The van der Waals surface area contributed by atoms with Crippen LogP contribution < -0.4 is 0 Å². The number of carbonyl (C=O) groups is 2. The summed E-state index contributed by atoms with van der Waals surface area (Å²) < 4.78 is 5.50. The number of esters is 1. The van der Waals surface area contributed by atoms with E-state index in [2.05, 4.69) is 0 Å². The zero-order valence-electron chi connectivity index (χ0n) is 11.4. The van der Waals surface area contributed by atoms with Gasteiger partial charge in [0.15, 0.2) is 0 Å². The molecule has 0 aliphatic heterocycles. The van der Waals surface area contributed by atoms with Gasteiger partial charge in [0.1, 0.15) is 5.60 Å². The fourth-order valence-corrected chi connectivity index (χ4v) is 3.20. The van der Waals surface area contributed by atoms with E-state index in [1.807, 2.05) is 20.8 Å². The average molecular weight is 254 g/mol. The molecule has 3 rings (SSSR count). The lowest BCUT2D eigenvalue weighted by atomic mass is 9.53. The molecule has 0 heterocycles. The first-order valence-corrected chi connectivity index (χ1v) is 6.66. The monoisotopic (exact) mass is 254 g/mol. The van der Waals surface area contributed by atoms with Gasteiger partial charge in [0.05, 0.1) is 10.8 Å². The van der Waals surface area contributed by atoms with Crippen molar-refractivity contribution in [1.29, 1.82) is 0 Å². The van der Waals surface area contributed by atoms with Crippen LogP contribution in [0, 0.1) is 10.8 Å². The van der Waals surface area contributed by atoms with E-state index in [1.54, 1.807) is 0 Å². The van der Waals surface area contributed by atoms with Crippen molar-refractivity contribution in [1.82, 2.24) is 0 Å². The van der Waals surface area contributed by atoms with E-state index in [4.69, 9.17) is 4.74 Å². The maximum absolute atomic E-state index is 12.3. The maximum Gasteiger partial charge on any atom is 0.312 e. The number of rotatable bonds is 2. The summed E-state index contributed by atoms with van der Waals surface area (Å²) in [4.78, 5) is 23.6. The molecule has 1 N–H and O–H groups in total. The van der Waals surface area contributed by atoms with Gasteiger partial charge in [-0.15, -0.1) is 0 Å². The summed E-state index contributed by atoms with van der Waals surface area (Å²) in [5.41, 5.74) is -1.45. The van der Waals surface area contributed by atoms with Crippen LogP contribution in [0.15, 0.2) is 0 Å². The van der Waals surface area contributed by atoms with Crippen LogP contribution in [0.5, 0.6) is 0 Å². The van der Waals surface area contributed by atoms with Gasteiger partial charge in [0, 0.05) is 0 Å². The molecule has 102 valence electrons. The van der Waals surface area contributed by atoms with E-state index in [0.29, 0.717) is 38.5 Å². The molecule has 2 bridgehead atoms. The van der Waals surface area contributed by atoms with Crippen LogP contribution >= 0.6 is 0 Å². The second-order valence-corrected chi connectivity index (χ2v) is 6.87. The Hall–Kier alpha value is -1.06. The van der Waals surface area contributed by atoms with Crippen molar-refractivity contribution >= 4 is 11.9 Å². The number of aliphatic carboxylic acids is 1. The number of ether oxygens (including phenoxy) is 1. The van der Waals surface area contributed by atoms with E-state index in [1.165, 1.54) is 0 Å². The molecule has 0 saturated heterocycles. The van der Waals surface area contributed by atoms with E-state index >= 15 is 0 Å². The van der Waals surface area contributed by atoms with Crippen LogP contribution in [-0.4, -0.2) is 22.6 Å². The summed E-state index contributed by atoms with van der Waals surface area (Å²) in [6.07, 6.45) is 3.82. The molecule has 0 amide bonds. The van der Waals surface area contributed by atoms with Crippen molar-refractivity contribution in [2.75, 3.05) is 0 Å². The summed E-state index contributed by atoms with van der Waals surface area (Å²) >= 11 is 0. The first kappa shape index (κ1) is 13.4. The highest BCUT2D eigenvalue weighted by Gasteiger charge is 2.56. The summed E-state index contributed by atoms with van der Waals surface area (Å²) in [6.45, 7) is 5.61. The maximum atomic E-state index is 12.3. The highest BCUT2D eigenvalue weighted by atomic mass is 16.6. The lowest BCUT2D eigenvalue weighted by molar-refractivity contribution is -0.183. The van der Waals surface area contributed by atoms with E-state index in [9.17, 15) is 14.7 Å². The van der Waals surface area contributed by atoms with Crippen LogP contribution in [0.25, 0.3) is 0 Å². The predicted octanol–water partition coefficient (Wildman–Crippen LogP) is 2.75. The molecule has 3 saturated carbocycles. The van der Waals surface area contributed by atoms with Crippen molar-refractivity contribution in [3.8, 4) is 0 Å². The minimum atomic E-state index is -0.694. The number of hydrogen-bond donors (Lipinski definition) is 1. The normalized spacial score (nSPS) is 35.3. The first-order chi connectivity index (χ1) is 8.19. The van der Waals surface area contributed by atoms with Crippen LogP contribution in [0.2, 0.25) is 0 Å². The lowest BCUT2D eigenvalue weighted by Crippen LogP contribution is -2.50. The quantitative estimate of drug-likeness (QED) is 0.770. The summed E-state index contributed by atoms with van der Waals surface area (Å²) in [5, 5.41) is 9.31. The van der Waals surface area contributed by atoms with Gasteiger partial charge in [0.2, 0.25) is 0 Å². The van der Waals surface area contributed by atoms with Crippen molar-refractivity contribution in [2.24, 2.45) is 10.8 Å². The smallest absolute Gasteiger partial charge is 0.312 e. The van der Waals surface area contributed by atoms with Crippen molar-refractivity contribution in [2.45, 2.75) is 64.9 Å². The molecule has 0 aromatic carbocycles. The van der Waals surface area contributed by atoms with Crippen LogP contribution in [0.1, 0.15) is 59.3 Å². The van der Waals surface area contributed by atoms with Gasteiger partial charge in [-0.05, 0) is 59.3 Å². The fraction of sp³-hybridized carbons (Fsp3) is 0.857. The standard InChI is InChI=1S/C14H22O4/c1-12(2,3)18-11(17)14-7-4-13(5-8-14,6-9-14)10(15)16/h4-9H2,1-3H3,(H,15,16). The highest BCUT2D eigenvalue weighted by Crippen LogP contribution is 2.57. The Morgan fingerprint density at radius 1 is 0.944 bits per heavy atom. The summed E-state index contributed by atoms with van der Waals surface area (Å²) in [5.74, 6) is -0.825. The van der Waals surface area contributed by atoms with E-state index in [-0.39, 0.29) is 5.97 Å². The highest BCUT2D eigenvalue weighted by molar-refractivity contribution is 5.81. The number of carboxylic acids is 1. The van der Waals surface area contributed by atoms with Gasteiger partial charge < -0.3 is 9.84 Å². The molecule has 0 spiro atoms. The molecule has 4 nitrogen and oxygen atoms in total. The third-order valence-corrected chi connectivity index (χ3v) is 4.53. The lowest BCUT2D eigenvalue weighted by Gasteiger charge is -2.50. The topological polar surface area (TPSA) is 63.6 Å². The van der Waals surface area contributed by atoms with E-state index < -0.39 is 22.4 Å². The Labute approximate surface area is 108 Å². The third-order valence-electron chi connectivity index (χ3n) is 4.53. The van der Waals surface area contributed by atoms with E-state index in [0.717, 1.165) is 0 Å². The molecule has 4 heteroatoms. The molecule has 0 atom stereocenters. The molecule has 3 aliphatic carbocycles. The SMILES string of the molecule is CC(C)(C)OC(=O)C12CCC(C(=O)O)(CC1)CC2. The van der Waals surface area contributed by atoms with Crippen LogP contribution in [0.4, 0.5) is 0 Å². The Morgan fingerprint density at radius 2 is 1.33 bits per heavy atom. The van der Waals surface area contributed by atoms with Gasteiger partial charge >= 0.3 is 11.9 Å². The zero-order valence-corrected chi connectivity index (χ0v) is 11.4. The molecule has 3 fully saturated rings. The molecular weight excluding hydrogens is 232 g/mol. The second-order valence-electron chi connectivity index (χ2n) is 6.87. The van der Waals surface area contributed by atoms with Crippen molar-refractivity contribution in [3.63, 3.8) is 0 Å². The molecule has 18 heavy (non-hydrogen) atoms. The third kappa shape index (κ3) is 2.13. The van der Waals surface area contributed by atoms with Crippen molar-refractivity contribution in [3.05, 3.63) is 0 Å². The number of hydrogen-bond acceptors (Lipinski definition) is 3. The van der Waals surface area contributed by atoms with Gasteiger partial charge in [-0.1, -0.05) is 0 Å². The minimum Gasteiger partial charge on any atom is -0.481 e. The summed E-state index contributed by atoms with van der Waals surface area (Å²) in [7, 11) is 0. The summed E-state index contributed by atoms with van der Waals surface area (Å²) in [6, 6.07) is 0. The Morgan fingerprint density at radius 3 is 1.67 bits per heavy atom. The van der Waals surface area contributed by atoms with Gasteiger partial charge in [0.25, 0.3) is 0 Å². The largest absolute Gasteiger partial charge is 0.481 e. The van der Waals surface area contributed by atoms with Crippen LogP contribution in [-0.2, 0) is 14.3 Å². The number of carboxylic acid groups (broad SMARTS) is 1. The molecule has 0 radical (unpaired) electrons. The Kier molecular flexibility index (Phi) is 2.95. The Bertz CT molecular complexity index is 353. The average Bonchev–Trinajstić information content (AvgIpc) is 2.29. The minimum absolute atomic E-state index is 0.131. The Balaban J connectivity index is 2.10. The molecule has 0 aromatic heterocycles. The van der Waals surface area contributed by atoms with Gasteiger partial charge in [-0.25, -0.2) is 0 Å². The van der Waals surface area contributed by atoms with Crippen molar-refractivity contribution < 1.29 is 19.4 Å². The molecule has 0 aromatic rings. The van der Waals surface area contributed by atoms with Gasteiger partial charge in [-0.2, -0.15) is 0 Å². The number of carbonyl (C=O) groups excluding carboxylic acids is 1. The fourth-order valence-electron chi connectivity index (χ4n) is 3.20. The molecule has 3 aliphatic rings. The van der Waals surface area contributed by atoms with Gasteiger partial charge in [-0.3, -0.25) is 9.59 Å². The predicted molar refractivity (Wildman–Crippen MR) is 66.0 cm³/mol. The second kappa shape index (κ2) is 3.97. The first-order valence-electron chi connectivity index (χ1n) is 6.66. The molecular formula is C14H22O4. The zero-order chi connectivity index (χ0) is 13.6. The molecule has 0 unspecified atom stereocenters. The number of fused-ring (bicyclic) bond motifs is 3. The van der Waals surface area contributed by atoms with Crippen LogP contribution in [0.3, 0.4) is 0 Å².